The first-order valence-electron chi connectivity index (χ1n) is 5.41. The molecule has 0 amide bonds. The van der Waals surface area contributed by atoms with E-state index in [0.29, 0.717) is 5.92 Å². The smallest absolute Gasteiger partial charge is 0.306 e. The number of aliphatic carboxylic acids is 1. The Balaban J connectivity index is 2.41. The van der Waals surface area contributed by atoms with Crippen LogP contribution < -0.4 is 0 Å². The number of carboxylic acids is 1. The lowest BCUT2D eigenvalue weighted by Crippen LogP contribution is -2.27. The lowest BCUT2D eigenvalue weighted by atomic mass is 9.84. The second kappa shape index (κ2) is 5.35. The zero-order valence-corrected chi connectivity index (χ0v) is 9.03. The first kappa shape index (κ1) is 11.5. The number of hydrogen-bond acceptors (Lipinski definition) is 2. The lowest BCUT2D eigenvalue weighted by Gasteiger charge is -2.26. The van der Waals surface area contributed by atoms with E-state index in [-0.39, 0.29) is 11.8 Å². The average molecular weight is 200 g/mol. The van der Waals surface area contributed by atoms with Crippen LogP contribution in [0.4, 0.5) is 0 Å². The van der Waals surface area contributed by atoms with Gasteiger partial charge in [-0.25, -0.2) is 0 Å². The number of ether oxygens (including phenoxy) is 1. The van der Waals surface area contributed by atoms with Gasteiger partial charge in [-0.1, -0.05) is 13.8 Å². The Kier molecular flexibility index (Phi) is 4.39. The van der Waals surface area contributed by atoms with Crippen LogP contribution in [-0.4, -0.2) is 24.3 Å². The van der Waals surface area contributed by atoms with Crippen LogP contribution in [0.1, 0.15) is 33.1 Å². The van der Waals surface area contributed by atoms with Gasteiger partial charge in [-0.3, -0.25) is 4.79 Å². The third-order valence-corrected chi connectivity index (χ3v) is 2.96. The highest BCUT2D eigenvalue weighted by molar-refractivity contribution is 5.70. The molecule has 0 aliphatic carbocycles. The Bertz CT molecular complexity index is 183. The number of carbonyl (C=O) groups is 1. The molecule has 3 heteroatoms. The number of rotatable bonds is 4. The molecule has 1 saturated heterocycles. The summed E-state index contributed by atoms with van der Waals surface area (Å²) in [5.74, 6) is -0.200. The van der Waals surface area contributed by atoms with Crippen LogP contribution in [0.3, 0.4) is 0 Å². The monoisotopic (exact) mass is 200 g/mol. The van der Waals surface area contributed by atoms with Crippen LogP contribution >= 0.6 is 0 Å². The second-order valence-electron chi connectivity index (χ2n) is 4.51. The first-order valence-corrected chi connectivity index (χ1v) is 5.41. The fourth-order valence-corrected chi connectivity index (χ4v) is 2.01. The molecule has 1 aliphatic heterocycles. The SMILES string of the molecule is CC(C)C(CC1CCCOC1)C(=O)O. The van der Waals surface area contributed by atoms with Crippen LogP contribution in [0.25, 0.3) is 0 Å². The quantitative estimate of drug-likeness (QED) is 0.756. The molecule has 0 aromatic rings. The van der Waals surface area contributed by atoms with E-state index in [0.717, 1.165) is 32.5 Å². The molecule has 0 radical (unpaired) electrons. The molecule has 2 unspecified atom stereocenters. The van der Waals surface area contributed by atoms with Gasteiger partial charge in [0.25, 0.3) is 0 Å². The van der Waals surface area contributed by atoms with E-state index in [9.17, 15) is 4.79 Å². The highest BCUT2D eigenvalue weighted by Gasteiger charge is 2.26. The summed E-state index contributed by atoms with van der Waals surface area (Å²) in [6.07, 6.45) is 2.97. The summed E-state index contributed by atoms with van der Waals surface area (Å²) in [5, 5.41) is 9.03. The third-order valence-electron chi connectivity index (χ3n) is 2.96. The minimum atomic E-state index is -0.662. The summed E-state index contributed by atoms with van der Waals surface area (Å²) in [4.78, 5) is 11.0. The molecule has 3 nitrogen and oxygen atoms in total. The Hall–Kier alpha value is -0.570. The normalized spacial score (nSPS) is 24.9. The van der Waals surface area contributed by atoms with Crippen molar-refractivity contribution in [1.82, 2.24) is 0 Å². The number of carboxylic acid groups (broad SMARTS) is 1. The minimum Gasteiger partial charge on any atom is -0.481 e. The maximum atomic E-state index is 11.0. The lowest BCUT2D eigenvalue weighted by molar-refractivity contribution is -0.144. The van der Waals surface area contributed by atoms with Crippen LogP contribution in [0.15, 0.2) is 0 Å². The third kappa shape index (κ3) is 3.29. The van der Waals surface area contributed by atoms with Crippen molar-refractivity contribution >= 4 is 5.97 Å². The molecule has 0 bridgehead atoms. The summed E-state index contributed by atoms with van der Waals surface area (Å²) in [6.45, 7) is 5.54. The molecular weight excluding hydrogens is 180 g/mol. The van der Waals surface area contributed by atoms with Gasteiger partial charge >= 0.3 is 5.97 Å². The minimum absolute atomic E-state index is 0.207. The van der Waals surface area contributed by atoms with Crippen molar-refractivity contribution in [2.24, 2.45) is 17.8 Å². The summed E-state index contributed by atoms with van der Waals surface area (Å²) >= 11 is 0. The van der Waals surface area contributed by atoms with Crippen LogP contribution in [-0.2, 0) is 9.53 Å². The van der Waals surface area contributed by atoms with Gasteiger partial charge in [0.2, 0.25) is 0 Å². The Labute approximate surface area is 85.5 Å². The van der Waals surface area contributed by atoms with E-state index >= 15 is 0 Å². The zero-order chi connectivity index (χ0) is 10.6. The molecule has 1 fully saturated rings. The van der Waals surface area contributed by atoms with Crippen molar-refractivity contribution in [3.63, 3.8) is 0 Å². The van der Waals surface area contributed by atoms with Gasteiger partial charge in [0.1, 0.15) is 0 Å². The molecule has 0 spiro atoms. The summed E-state index contributed by atoms with van der Waals surface area (Å²) in [6, 6.07) is 0. The highest BCUT2D eigenvalue weighted by Crippen LogP contribution is 2.26. The summed E-state index contributed by atoms with van der Waals surface area (Å²) < 4.78 is 5.35. The summed E-state index contributed by atoms with van der Waals surface area (Å²) in [5.41, 5.74) is 0. The largest absolute Gasteiger partial charge is 0.481 e. The van der Waals surface area contributed by atoms with Gasteiger partial charge in [0.15, 0.2) is 0 Å². The van der Waals surface area contributed by atoms with Gasteiger partial charge < -0.3 is 9.84 Å². The van der Waals surface area contributed by atoms with Crippen LogP contribution in [0.2, 0.25) is 0 Å². The second-order valence-corrected chi connectivity index (χ2v) is 4.51. The van der Waals surface area contributed by atoms with Crippen molar-refractivity contribution in [3.05, 3.63) is 0 Å². The van der Waals surface area contributed by atoms with Crippen LogP contribution in [0.5, 0.6) is 0 Å². The maximum Gasteiger partial charge on any atom is 0.306 e. The van der Waals surface area contributed by atoms with Crippen LogP contribution in [0, 0.1) is 17.8 Å². The molecule has 0 aromatic heterocycles. The van der Waals surface area contributed by atoms with Gasteiger partial charge in [-0.2, -0.15) is 0 Å². The van der Waals surface area contributed by atoms with Crippen molar-refractivity contribution < 1.29 is 14.6 Å². The molecule has 0 aromatic carbocycles. The molecule has 2 atom stereocenters. The van der Waals surface area contributed by atoms with Crippen molar-refractivity contribution in [2.75, 3.05) is 13.2 Å². The highest BCUT2D eigenvalue weighted by atomic mass is 16.5. The Morgan fingerprint density at radius 1 is 1.57 bits per heavy atom. The summed E-state index contributed by atoms with van der Waals surface area (Å²) in [7, 11) is 0. The van der Waals surface area contributed by atoms with Gasteiger partial charge in [-0.05, 0) is 31.1 Å². The Morgan fingerprint density at radius 3 is 2.71 bits per heavy atom. The van der Waals surface area contributed by atoms with Crippen molar-refractivity contribution in [3.8, 4) is 0 Å². The fraction of sp³-hybridized carbons (Fsp3) is 0.909. The van der Waals surface area contributed by atoms with Gasteiger partial charge in [0, 0.05) is 13.2 Å². The zero-order valence-electron chi connectivity index (χ0n) is 9.03. The molecule has 1 N–H and O–H groups in total. The topological polar surface area (TPSA) is 46.5 Å². The molecule has 1 aliphatic rings. The number of hydrogen-bond donors (Lipinski definition) is 1. The average Bonchev–Trinajstić information content (AvgIpc) is 2.15. The molecule has 14 heavy (non-hydrogen) atoms. The van der Waals surface area contributed by atoms with Gasteiger partial charge in [0.05, 0.1) is 5.92 Å². The van der Waals surface area contributed by atoms with E-state index in [1.807, 2.05) is 13.8 Å². The van der Waals surface area contributed by atoms with Crippen molar-refractivity contribution in [2.45, 2.75) is 33.1 Å². The molecule has 0 saturated carbocycles. The fourth-order valence-electron chi connectivity index (χ4n) is 2.01. The predicted octanol–water partition coefficient (Wildman–Crippen LogP) is 2.16. The molecule has 1 heterocycles. The molecular formula is C11H20O3. The van der Waals surface area contributed by atoms with Crippen molar-refractivity contribution in [1.29, 1.82) is 0 Å². The molecule has 82 valence electrons. The molecule has 1 rings (SSSR count). The maximum absolute atomic E-state index is 11.0. The van der Waals surface area contributed by atoms with E-state index in [2.05, 4.69) is 0 Å². The van der Waals surface area contributed by atoms with E-state index in [1.165, 1.54) is 0 Å². The van der Waals surface area contributed by atoms with E-state index in [1.54, 1.807) is 0 Å². The first-order chi connectivity index (χ1) is 6.61. The predicted molar refractivity (Wildman–Crippen MR) is 54.1 cm³/mol. The van der Waals surface area contributed by atoms with E-state index in [4.69, 9.17) is 9.84 Å². The van der Waals surface area contributed by atoms with Gasteiger partial charge in [-0.15, -0.1) is 0 Å². The Morgan fingerprint density at radius 2 is 2.29 bits per heavy atom. The standard InChI is InChI=1S/C11H20O3/c1-8(2)10(11(12)13)6-9-4-3-5-14-7-9/h8-10H,3-7H2,1-2H3,(H,12,13). The van der Waals surface area contributed by atoms with E-state index < -0.39 is 5.97 Å².